The number of nitrogens with zero attached hydrogens (tertiary/aromatic N) is 5. The Bertz CT molecular complexity index is 1520. The summed E-state index contributed by atoms with van der Waals surface area (Å²) in [6.07, 6.45) is 5.45. The van der Waals surface area contributed by atoms with E-state index in [2.05, 4.69) is 37.6 Å². The van der Waals surface area contributed by atoms with Gasteiger partial charge in [-0.05, 0) is 68.0 Å². The molecule has 1 saturated carbocycles. The highest BCUT2D eigenvalue weighted by atomic mass is 16.5. The molecule has 12 nitrogen and oxygen atoms in total. The van der Waals surface area contributed by atoms with Crippen molar-refractivity contribution in [1.82, 2.24) is 25.1 Å². The molecule has 2 fully saturated rings. The topological polar surface area (TPSA) is 136 Å². The molecule has 46 heavy (non-hydrogen) atoms. The van der Waals surface area contributed by atoms with Crippen LogP contribution in [0.15, 0.2) is 41.1 Å². The number of oxazole rings is 1. The number of hydrogen-bond donors (Lipinski definition) is 3. The van der Waals surface area contributed by atoms with Crippen LogP contribution in [0.1, 0.15) is 65.5 Å². The zero-order valence-electron chi connectivity index (χ0n) is 26.8. The largest absolute Gasteiger partial charge is 0.486 e. The maximum atomic E-state index is 13.3. The summed E-state index contributed by atoms with van der Waals surface area (Å²) in [5.41, 5.74) is 3.79. The van der Waals surface area contributed by atoms with Gasteiger partial charge in [0.2, 0.25) is 5.91 Å². The zero-order valence-corrected chi connectivity index (χ0v) is 26.8. The second kappa shape index (κ2) is 14.5. The first-order valence-corrected chi connectivity index (χ1v) is 16.5. The molecule has 0 spiro atoms. The Kier molecular flexibility index (Phi) is 10.0. The summed E-state index contributed by atoms with van der Waals surface area (Å²) in [5.74, 6) is 2.86. The summed E-state index contributed by atoms with van der Waals surface area (Å²) in [6, 6.07) is 10.1. The number of β-amino-alcohol motifs (C(OH)–C–C–N with tert-alkyl or cyclic N) is 1. The summed E-state index contributed by atoms with van der Waals surface area (Å²) in [5, 5.41) is 17.3. The van der Waals surface area contributed by atoms with Crippen LogP contribution < -0.4 is 20.3 Å². The van der Waals surface area contributed by atoms with E-state index in [1.54, 1.807) is 6.07 Å². The highest BCUT2D eigenvalue weighted by Crippen LogP contribution is 2.27. The van der Waals surface area contributed by atoms with Gasteiger partial charge in [-0.15, -0.1) is 0 Å². The number of ether oxygens (including phenoxy) is 1. The number of pyridine rings is 1. The number of rotatable bonds is 12. The van der Waals surface area contributed by atoms with E-state index in [9.17, 15) is 14.7 Å². The lowest BCUT2D eigenvalue weighted by Gasteiger charge is -2.36. The predicted molar refractivity (Wildman–Crippen MR) is 174 cm³/mol. The maximum Gasteiger partial charge on any atom is 0.251 e. The standard InChI is InChI=1S/C34H45N7O5/c1-3-33(43)41-13-11-40(12-14-41)32-17-26(16-31(38-32)37-27-5-4-6-27)34(44)35-18-28(42)20-39-10-9-24-15-29(8-7-25(24)19-39)45-21-30-23(2)36-22-46-30/h7-8,15-17,22,27-28,42H,3-6,9-14,18-21H2,1-2H3,(H,35,44)(H,37,38)/t28-/m0/s1. The number of anilines is 2. The molecule has 1 aromatic carbocycles. The van der Waals surface area contributed by atoms with E-state index >= 15 is 0 Å². The van der Waals surface area contributed by atoms with E-state index < -0.39 is 6.10 Å². The number of fused-ring (bicyclic) bond motifs is 1. The van der Waals surface area contributed by atoms with Crippen molar-refractivity contribution in [3.8, 4) is 5.75 Å². The third-order valence-corrected chi connectivity index (χ3v) is 9.24. The van der Waals surface area contributed by atoms with Gasteiger partial charge in [0.05, 0.1) is 11.8 Å². The summed E-state index contributed by atoms with van der Waals surface area (Å²) < 4.78 is 11.3. The first-order chi connectivity index (χ1) is 22.3. The minimum atomic E-state index is -0.712. The normalized spacial score (nSPS) is 17.6. The molecule has 0 unspecified atom stereocenters. The van der Waals surface area contributed by atoms with E-state index in [0.29, 0.717) is 63.2 Å². The van der Waals surface area contributed by atoms with Crippen LogP contribution in [0.4, 0.5) is 11.6 Å². The summed E-state index contributed by atoms with van der Waals surface area (Å²) in [7, 11) is 0. The molecule has 3 N–H and O–H groups in total. The van der Waals surface area contributed by atoms with Crippen molar-refractivity contribution in [2.45, 2.75) is 71.2 Å². The number of aromatic nitrogens is 2. The van der Waals surface area contributed by atoms with Crippen LogP contribution in [0.2, 0.25) is 0 Å². The fourth-order valence-electron chi connectivity index (χ4n) is 6.18. The van der Waals surface area contributed by atoms with Crippen LogP contribution in [0.3, 0.4) is 0 Å². The zero-order chi connectivity index (χ0) is 32.0. The molecule has 0 radical (unpaired) electrons. The molecule has 1 aliphatic carbocycles. The van der Waals surface area contributed by atoms with Crippen molar-refractivity contribution in [3.63, 3.8) is 0 Å². The Balaban J connectivity index is 1.02. The average Bonchev–Trinajstić information content (AvgIpc) is 3.48. The Morgan fingerprint density at radius 2 is 1.93 bits per heavy atom. The lowest BCUT2D eigenvalue weighted by atomic mass is 9.93. The highest BCUT2D eigenvalue weighted by Gasteiger charge is 2.25. The minimum Gasteiger partial charge on any atom is -0.486 e. The molecule has 246 valence electrons. The Labute approximate surface area is 270 Å². The van der Waals surface area contributed by atoms with Gasteiger partial charge in [-0.2, -0.15) is 0 Å². The van der Waals surface area contributed by atoms with Gasteiger partial charge < -0.3 is 34.7 Å². The van der Waals surface area contributed by atoms with Gasteiger partial charge in [0.25, 0.3) is 5.91 Å². The molecule has 4 heterocycles. The minimum absolute atomic E-state index is 0.150. The van der Waals surface area contributed by atoms with Crippen LogP contribution >= 0.6 is 0 Å². The number of aryl methyl sites for hydroxylation is 1. The lowest BCUT2D eigenvalue weighted by molar-refractivity contribution is -0.131. The van der Waals surface area contributed by atoms with Crippen LogP contribution in [-0.4, -0.2) is 94.6 Å². The fourth-order valence-corrected chi connectivity index (χ4v) is 6.18. The lowest BCUT2D eigenvalue weighted by Crippen LogP contribution is -2.49. The van der Waals surface area contributed by atoms with Crippen LogP contribution in [0, 0.1) is 6.92 Å². The Morgan fingerprint density at radius 3 is 2.65 bits per heavy atom. The third kappa shape index (κ3) is 7.79. The number of aliphatic hydroxyl groups is 1. The molecule has 3 aliphatic rings. The van der Waals surface area contributed by atoms with E-state index in [1.165, 1.54) is 23.9 Å². The fraction of sp³-hybridized carbons (Fsp3) is 0.529. The van der Waals surface area contributed by atoms with Crippen LogP contribution in [0.25, 0.3) is 0 Å². The van der Waals surface area contributed by atoms with Crippen molar-refractivity contribution in [3.05, 3.63) is 64.9 Å². The molecule has 1 atom stereocenters. The van der Waals surface area contributed by atoms with Crippen molar-refractivity contribution in [1.29, 1.82) is 0 Å². The predicted octanol–water partition coefficient (Wildman–Crippen LogP) is 3.13. The molecule has 2 aliphatic heterocycles. The van der Waals surface area contributed by atoms with E-state index in [-0.39, 0.29) is 18.4 Å². The van der Waals surface area contributed by atoms with Crippen molar-refractivity contribution in [2.24, 2.45) is 0 Å². The molecular weight excluding hydrogens is 586 g/mol. The second-order valence-corrected chi connectivity index (χ2v) is 12.5. The Hall–Kier alpha value is -4.16. The average molecular weight is 632 g/mol. The first kappa shape index (κ1) is 31.8. The van der Waals surface area contributed by atoms with Gasteiger partial charge in [-0.1, -0.05) is 13.0 Å². The summed E-state index contributed by atoms with van der Waals surface area (Å²) >= 11 is 0. The number of carbonyl (C=O) groups excluding carboxylic acids is 2. The molecule has 2 aromatic heterocycles. The van der Waals surface area contributed by atoms with Crippen molar-refractivity contribution < 1.29 is 23.8 Å². The first-order valence-electron chi connectivity index (χ1n) is 16.5. The van der Waals surface area contributed by atoms with Crippen molar-refractivity contribution in [2.75, 3.05) is 56.0 Å². The molecule has 1 saturated heterocycles. The molecule has 6 rings (SSSR count). The molecule has 2 amide bonds. The van der Waals surface area contributed by atoms with E-state index in [1.807, 2.05) is 30.9 Å². The molecule has 12 heteroatoms. The summed E-state index contributed by atoms with van der Waals surface area (Å²) in [6.45, 7) is 8.88. The SMILES string of the molecule is CCC(=O)N1CCN(c2cc(C(=O)NC[C@H](O)CN3CCc4cc(OCc5ocnc5C)ccc4C3)cc(NC3CCC3)n2)CC1. The molecule has 3 aromatic rings. The quantitative estimate of drug-likeness (QED) is 0.274. The smallest absolute Gasteiger partial charge is 0.251 e. The monoisotopic (exact) mass is 631 g/mol. The van der Waals surface area contributed by atoms with Crippen molar-refractivity contribution >= 4 is 23.5 Å². The second-order valence-electron chi connectivity index (χ2n) is 12.5. The van der Waals surface area contributed by atoms with Crippen LogP contribution in [0.5, 0.6) is 5.75 Å². The Morgan fingerprint density at radius 1 is 1.11 bits per heavy atom. The number of amides is 2. The number of nitrogens with one attached hydrogen (secondary N) is 2. The van der Waals surface area contributed by atoms with Gasteiger partial charge >= 0.3 is 0 Å². The third-order valence-electron chi connectivity index (χ3n) is 9.24. The van der Waals surface area contributed by atoms with Gasteiger partial charge in [-0.3, -0.25) is 14.5 Å². The number of carbonyl (C=O) groups is 2. The number of aliphatic hydroxyl groups excluding tert-OH is 1. The van der Waals surface area contributed by atoms with Gasteiger partial charge in [0, 0.05) is 70.4 Å². The van der Waals surface area contributed by atoms with E-state index in [4.69, 9.17) is 14.1 Å². The summed E-state index contributed by atoms with van der Waals surface area (Å²) in [4.78, 5) is 40.7. The van der Waals surface area contributed by atoms with Gasteiger partial charge in [-0.25, -0.2) is 9.97 Å². The number of piperazine rings is 1. The van der Waals surface area contributed by atoms with Gasteiger partial charge in [0.15, 0.2) is 12.2 Å². The number of benzene rings is 1. The highest BCUT2D eigenvalue weighted by molar-refractivity contribution is 5.95. The molecular formula is C34H45N7O5. The van der Waals surface area contributed by atoms with Crippen LogP contribution in [-0.2, 0) is 24.4 Å². The maximum absolute atomic E-state index is 13.3. The van der Waals surface area contributed by atoms with E-state index in [0.717, 1.165) is 55.4 Å². The molecule has 0 bridgehead atoms. The van der Waals surface area contributed by atoms with Gasteiger partial charge in [0.1, 0.15) is 24.0 Å². The number of hydrogen-bond acceptors (Lipinski definition) is 10.